The average Bonchev–Trinajstić information content (AvgIpc) is 2.42. The lowest BCUT2D eigenvalue weighted by atomic mass is 9.67. The summed E-state index contributed by atoms with van der Waals surface area (Å²) in [5.41, 5.74) is 1.56. The zero-order chi connectivity index (χ0) is 14.6. The topological polar surface area (TPSA) is 62.2 Å². The number of nitrogens with one attached hydrogen (secondary N) is 1. The Morgan fingerprint density at radius 2 is 2.30 bits per heavy atom. The third-order valence-corrected chi connectivity index (χ3v) is 4.52. The number of pyridine rings is 1. The van der Waals surface area contributed by atoms with Gasteiger partial charge in [-0.3, -0.25) is 9.78 Å². The van der Waals surface area contributed by atoms with E-state index in [-0.39, 0.29) is 17.9 Å². The number of rotatable bonds is 4. The van der Waals surface area contributed by atoms with Crippen molar-refractivity contribution in [1.82, 2.24) is 4.98 Å². The maximum Gasteiger partial charge on any atom is 0.224 e. The van der Waals surface area contributed by atoms with E-state index in [1.807, 2.05) is 0 Å². The van der Waals surface area contributed by atoms with E-state index < -0.39 is 0 Å². The number of aromatic nitrogens is 1. The molecule has 1 atom stereocenters. The zero-order valence-electron chi connectivity index (χ0n) is 12.4. The summed E-state index contributed by atoms with van der Waals surface area (Å²) < 4.78 is 0. The molecule has 2 N–H and O–H groups in total. The van der Waals surface area contributed by atoms with E-state index in [2.05, 4.69) is 24.1 Å². The van der Waals surface area contributed by atoms with Crippen molar-refractivity contribution in [2.75, 3.05) is 5.32 Å². The molecule has 1 aliphatic rings. The minimum absolute atomic E-state index is 0.0210. The zero-order valence-corrected chi connectivity index (χ0v) is 12.4. The van der Waals surface area contributed by atoms with Crippen LogP contribution in [0.2, 0.25) is 0 Å². The number of amides is 1. The first kappa shape index (κ1) is 15.0. The van der Waals surface area contributed by atoms with E-state index in [4.69, 9.17) is 0 Å². The molecule has 0 bridgehead atoms. The smallest absolute Gasteiger partial charge is 0.224 e. The molecule has 0 saturated heterocycles. The molecule has 2 rings (SSSR count). The van der Waals surface area contributed by atoms with E-state index in [0.717, 1.165) is 6.42 Å². The van der Waals surface area contributed by atoms with Gasteiger partial charge in [0.25, 0.3) is 0 Å². The summed E-state index contributed by atoms with van der Waals surface area (Å²) in [6.45, 7) is 4.42. The van der Waals surface area contributed by atoms with Gasteiger partial charge in [0, 0.05) is 18.2 Å². The minimum atomic E-state index is -0.0902. The van der Waals surface area contributed by atoms with E-state index in [0.29, 0.717) is 23.6 Å². The highest BCUT2D eigenvalue weighted by atomic mass is 16.3. The molecule has 0 aliphatic heterocycles. The van der Waals surface area contributed by atoms with Crippen LogP contribution in [0.25, 0.3) is 0 Å². The van der Waals surface area contributed by atoms with Crippen LogP contribution in [0, 0.1) is 11.3 Å². The fourth-order valence-electron chi connectivity index (χ4n) is 3.04. The summed E-state index contributed by atoms with van der Waals surface area (Å²) in [6.07, 6.45) is 8.56. The molecule has 20 heavy (non-hydrogen) atoms. The van der Waals surface area contributed by atoms with Gasteiger partial charge < -0.3 is 10.4 Å². The second-order valence-electron chi connectivity index (χ2n) is 6.37. The SMILES string of the molecule is CC1(C)CCCCC1CC(=O)Nc1cnccc1CO. The lowest BCUT2D eigenvalue weighted by Crippen LogP contribution is -2.31. The van der Waals surface area contributed by atoms with E-state index in [1.165, 1.54) is 19.3 Å². The molecule has 4 nitrogen and oxygen atoms in total. The maximum absolute atomic E-state index is 12.2. The molecule has 1 aromatic heterocycles. The van der Waals surface area contributed by atoms with Crippen LogP contribution in [0.3, 0.4) is 0 Å². The molecule has 1 heterocycles. The lowest BCUT2D eigenvalue weighted by Gasteiger charge is -2.38. The number of hydrogen-bond donors (Lipinski definition) is 2. The molecule has 0 spiro atoms. The molecule has 110 valence electrons. The van der Waals surface area contributed by atoms with Gasteiger partial charge >= 0.3 is 0 Å². The number of aliphatic hydroxyl groups is 1. The van der Waals surface area contributed by atoms with Crippen molar-refractivity contribution in [3.8, 4) is 0 Å². The van der Waals surface area contributed by atoms with Crippen LogP contribution in [-0.2, 0) is 11.4 Å². The maximum atomic E-state index is 12.2. The molecular weight excluding hydrogens is 252 g/mol. The van der Waals surface area contributed by atoms with Gasteiger partial charge in [0.2, 0.25) is 5.91 Å². The molecule has 1 unspecified atom stereocenters. The monoisotopic (exact) mass is 276 g/mol. The van der Waals surface area contributed by atoms with Crippen molar-refractivity contribution in [2.45, 2.75) is 52.6 Å². The third kappa shape index (κ3) is 3.57. The summed E-state index contributed by atoms with van der Waals surface area (Å²) in [5, 5.41) is 12.1. The van der Waals surface area contributed by atoms with Gasteiger partial charge in [0.1, 0.15) is 0 Å². The fourth-order valence-corrected chi connectivity index (χ4v) is 3.04. The summed E-state index contributed by atoms with van der Waals surface area (Å²) >= 11 is 0. The van der Waals surface area contributed by atoms with Crippen molar-refractivity contribution in [1.29, 1.82) is 0 Å². The Morgan fingerprint density at radius 1 is 1.50 bits per heavy atom. The molecule has 1 aromatic rings. The van der Waals surface area contributed by atoms with Crippen LogP contribution in [0.4, 0.5) is 5.69 Å². The van der Waals surface area contributed by atoms with Gasteiger partial charge in [0.05, 0.1) is 18.5 Å². The molecule has 0 radical (unpaired) electrons. The van der Waals surface area contributed by atoms with Crippen molar-refractivity contribution in [3.05, 3.63) is 24.0 Å². The van der Waals surface area contributed by atoms with Crippen molar-refractivity contribution in [3.63, 3.8) is 0 Å². The summed E-state index contributed by atoms with van der Waals surface area (Å²) in [4.78, 5) is 16.2. The lowest BCUT2D eigenvalue weighted by molar-refractivity contribution is -0.118. The number of aliphatic hydroxyl groups excluding tert-OH is 1. The van der Waals surface area contributed by atoms with E-state index in [9.17, 15) is 9.90 Å². The minimum Gasteiger partial charge on any atom is -0.392 e. The second-order valence-corrected chi connectivity index (χ2v) is 6.37. The number of hydrogen-bond acceptors (Lipinski definition) is 3. The van der Waals surface area contributed by atoms with E-state index in [1.54, 1.807) is 18.5 Å². The Balaban J connectivity index is 1.98. The Labute approximate surface area is 120 Å². The van der Waals surface area contributed by atoms with Gasteiger partial charge in [-0.25, -0.2) is 0 Å². The summed E-state index contributed by atoms with van der Waals surface area (Å²) in [6, 6.07) is 1.72. The van der Waals surface area contributed by atoms with Crippen LogP contribution in [0.1, 0.15) is 51.5 Å². The van der Waals surface area contributed by atoms with Crippen LogP contribution in [0.15, 0.2) is 18.5 Å². The molecule has 1 aliphatic carbocycles. The summed E-state index contributed by atoms with van der Waals surface area (Å²) in [7, 11) is 0. The van der Waals surface area contributed by atoms with Gasteiger partial charge in [-0.05, 0) is 30.2 Å². The fraction of sp³-hybridized carbons (Fsp3) is 0.625. The largest absolute Gasteiger partial charge is 0.392 e. The Bertz CT molecular complexity index is 471. The first-order chi connectivity index (χ1) is 9.53. The average molecular weight is 276 g/mol. The number of nitrogens with zero attached hydrogens (tertiary/aromatic N) is 1. The Morgan fingerprint density at radius 3 is 3.00 bits per heavy atom. The molecule has 1 fully saturated rings. The molecule has 0 aromatic carbocycles. The second kappa shape index (κ2) is 6.35. The predicted octanol–water partition coefficient (Wildman–Crippen LogP) is 3.12. The molecule has 1 amide bonds. The summed E-state index contributed by atoms with van der Waals surface area (Å²) in [5.74, 6) is 0.457. The molecule has 4 heteroatoms. The van der Waals surface area contributed by atoms with E-state index >= 15 is 0 Å². The Hall–Kier alpha value is -1.42. The normalized spacial score (nSPS) is 21.4. The highest BCUT2D eigenvalue weighted by Crippen LogP contribution is 2.42. The van der Waals surface area contributed by atoms with Crippen LogP contribution >= 0.6 is 0 Å². The molecular formula is C16H24N2O2. The first-order valence-electron chi connectivity index (χ1n) is 7.36. The van der Waals surface area contributed by atoms with Gasteiger partial charge in [-0.1, -0.05) is 26.7 Å². The highest BCUT2D eigenvalue weighted by molar-refractivity contribution is 5.91. The Kier molecular flexibility index (Phi) is 4.76. The first-order valence-corrected chi connectivity index (χ1v) is 7.36. The number of anilines is 1. The standard InChI is InChI=1S/C16H24N2O2/c1-16(2)7-4-3-5-13(16)9-15(20)18-14-10-17-8-6-12(14)11-19/h6,8,10,13,19H,3-5,7,9,11H2,1-2H3,(H,18,20). The van der Waals surface area contributed by atoms with Gasteiger partial charge in [-0.15, -0.1) is 0 Å². The van der Waals surface area contributed by atoms with Crippen molar-refractivity contribution >= 4 is 11.6 Å². The van der Waals surface area contributed by atoms with Crippen molar-refractivity contribution in [2.24, 2.45) is 11.3 Å². The third-order valence-electron chi connectivity index (χ3n) is 4.52. The van der Waals surface area contributed by atoms with Crippen LogP contribution in [0.5, 0.6) is 0 Å². The number of carbonyl (C=O) groups is 1. The number of carbonyl (C=O) groups excluding carboxylic acids is 1. The van der Waals surface area contributed by atoms with Gasteiger partial charge in [0.15, 0.2) is 0 Å². The van der Waals surface area contributed by atoms with Crippen LogP contribution in [-0.4, -0.2) is 16.0 Å². The molecule has 1 saturated carbocycles. The quantitative estimate of drug-likeness (QED) is 0.888. The van der Waals surface area contributed by atoms with Crippen LogP contribution < -0.4 is 5.32 Å². The van der Waals surface area contributed by atoms with Crippen molar-refractivity contribution < 1.29 is 9.90 Å². The van der Waals surface area contributed by atoms with Gasteiger partial charge in [-0.2, -0.15) is 0 Å². The highest BCUT2D eigenvalue weighted by Gasteiger charge is 2.33. The predicted molar refractivity (Wildman–Crippen MR) is 79.1 cm³/mol.